The summed E-state index contributed by atoms with van der Waals surface area (Å²) in [7, 11) is 0. The second-order valence-electron chi connectivity index (χ2n) is 7.75. The van der Waals surface area contributed by atoms with E-state index in [2.05, 4.69) is 11.9 Å². The van der Waals surface area contributed by atoms with Gasteiger partial charge in [-0.05, 0) is 38.8 Å². The molecule has 8 heteroatoms. The van der Waals surface area contributed by atoms with Gasteiger partial charge in [0.25, 0.3) is 5.92 Å². The van der Waals surface area contributed by atoms with Gasteiger partial charge in [0.2, 0.25) is 0 Å². The van der Waals surface area contributed by atoms with Crippen molar-refractivity contribution in [2.24, 2.45) is 0 Å². The van der Waals surface area contributed by atoms with Gasteiger partial charge >= 0.3 is 12.2 Å². The van der Waals surface area contributed by atoms with Crippen LogP contribution in [0.3, 0.4) is 0 Å². The fraction of sp³-hybridized carbons (Fsp3) is 0.500. The van der Waals surface area contributed by atoms with Gasteiger partial charge in [-0.1, -0.05) is 36.9 Å². The maximum atomic E-state index is 14.6. The van der Waals surface area contributed by atoms with Gasteiger partial charge in [-0.2, -0.15) is 8.78 Å². The summed E-state index contributed by atoms with van der Waals surface area (Å²) in [5, 5.41) is 2.27. The topological polar surface area (TPSA) is 67.9 Å². The van der Waals surface area contributed by atoms with Crippen molar-refractivity contribution in [2.75, 3.05) is 13.1 Å². The Morgan fingerprint density at radius 2 is 1.93 bits per heavy atom. The van der Waals surface area contributed by atoms with Gasteiger partial charge in [0.1, 0.15) is 17.7 Å². The van der Waals surface area contributed by atoms with Crippen LogP contribution in [0.25, 0.3) is 0 Å². The Labute approximate surface area is 163 Å². The number of ether oxygens (including phenoxy) is 2. The molecule has 2 rings (SSSR count). The van der Waals surface area contributed by atoms with Crippen molar-refractivity contribution in [3.63, 3.8) is 0 Å². The van der Waals surface area contributed by atoms with E-state index in [1.54, 1.807) is 45.0 Å². The number of alkyl halides is 2. The van der Waals surface area contributed by atoms with Crippen LogP contribution >= 0.6 is 0 Å². The number of amides is 2. The Hall–Kier alpha value is -2.64. The summed E-state index contributed by atoms with van der Waals surface area (Å²) in [6.45, 7) is 7.77. The largest absolute Gasteiger partial charge is 0.445 e. The number of halogens is 2. The molecule has 154 valence electrons. The lowest BCUT2D eigenvalue weighted by Crippen LogP contribution is -2.61. The molecular formula is C20H26F2N2O4. The van der Waals surface area contributed by atoms with Crippen LogP contribution in [-0.4, -0.2) is 47.2 Å². The molecule has 2 amide bonds. The Morgan fingerprint density at radius 1 is 1.29 bits per heavy atom. The fourth-order valence-electron chi connectivity index (χ4n) is 2.90. The monoisotopic (exact) mass is 396 g/mol. The van der Waals surface area contributed by atoms with Gasteiger partial charge in [-0.3, -0.25) is 0 Å². The minimum absolute atomic E-state index is 0.0112. The summed E-state index contributed by atoms with van der Waals surface area (Å²) in [5.74, 6) is -3.45. The summed E-state index contributed by atoms with van der Waals surface area (Å²) < 4.78 is 39.6. The van der Waals surface area contributed by atoms with Gasteiger partial charge in [0, 0.05) is 6.54 Å². The summed E-state index contributed by atoms with van der Waals surface area (Å²) in [6, 6.07) is 8.87. The lowest BCUT2D eigenvalue weighted by Gasteiger charge is -2.35. The minimum atomic E-state index is -3.45. The van der Waals surface area contributed by atoms with E-state index in [4.69, 9.17) is 9.47 Å². The number of carbonyl (C=O) groups excluding carboxylic acids is 2. The van der Waals surface area contributed by atoms with Crippen LogP contribution in [-0.2, 0) is 16.1 Å². The first kappa shape index (κ1) is 21.7. The molecule has 6 nitrogen and oxygen atoms in total. The number of hydrogen-bond acceptors (Lipinski definition) is 4. The van der Waals surface area contributed by atoms with Crippen LogP contribution in [0.2, 0.25) is 0 Å². The molecule has 0 saturated carbocycles. The number of likely N-dealkylation sites (tertiary alicyclic amines) is 1. The van der Waals surface area contributed by atoms with Crippen molar-refractivity contribution in [1.82, 2.24) is 10.2 Å². The number of nitrogens with one attached hydrogen (secondary N) is 1. The first-order valence-corrected chi connectivity index (χ1v) is 8.96. The number of alkyl carbamates (subject to hydrolysis) is 1. The van der Waals surface area contributed by atoms with E-state index in [1.807, 2.05) is 6.07 Å². The first-order valence-electron chi connectivity index (χ1n) is 8.96. The van der Waals surface area contributed by atoms with E-state index in [-0.39, 0.29) is 19.6 Å². The van der Waals surface area contributed by atoms with Crippen molar-refractivity contribution < 1.29 is 27.8 Å². The molecule has 1 aliphatic heterocycles. The van der Waals surface area contributed by atoms with Gasteiger partial charge in [0.15, 0.2) is 0 Å². The summed E-state index contributed by atoms with van der Waals surface area (Å²) in [5.41, 5.74) is -2.05. The fourth-order valence-corrected chi connectivity index (χ4v) is 2.90. The Balaban J connectivity index is 2.09. The Kier molecular flexibility index (Phi) is 6.31. The molecule has 28 heavy (non-hydrogen) atoms. The zero-order valence-corrected chi connectivity index (χ0v) is 16.3. The number of nitrogens with zero attached hydrogens (tertiary/aromatic N) is 1. The molecule has 0 spiro atoms. The van der Waals surface area contributed by atoms with Crippen molar-refractivity contribution in [3.8, 4) is 0 Å². The van der Waals surface area contributed by atoms with Crippen LogP contribution in [0.4, 0.5) is 18.4 Å². The van der Waals surface area contributed by atoms with Gasteiger partial charge in [-0.25, -0.2) is 9.59 Å². The molecule has 0 radical (unpaired) electrons. The normalized spacial score (nSPS) is 19.8. The number of rotatable bonds is 5. The summed E-state index contributed by atoms with van der Waals surface area (Å²) >= 11 is 0. The average Bonchev–Trinajstić information content (AvgIpc) is 3.05. The third-order valence-corrected chi connectivity index (χ3v) is 4.37. The third kappa shape index (κ3) is 5.21. The molecule has 0 aliphatic carbocycles. The van der Waals surface area contributed by atoms with Crippen molar-refractivity contribution in [2.45, 2.75) is 50.9 Å². The highest BCUT2D eigenvalue weighted by atomic mass is 19.3. The lowest BCUT2D eigenvalue weighted by molar-refractivity contribution is -0.0425. The molecule has 0 aromatic heterocycles. The van der Waals surface area contributed by atoms with E-state index < -0.39 is 35.8 Å². The van der Waals surface area contributed by atoms with E-state index in [0.29, 0.717) is 6.08 Å². The molecule has 1 saturated heterocycles. The first-order chi connectivity index (χ1) is 13.0. The summed E-state index contributed by atoms with van der Waals surface area (Å²) in [4.78, 5) is 25.6. The smallest absolute Gasteiger partial charge is 0.410 e. The highest BCUT2D eigenvalue weighted by Gasteiger charge is 2.57. The lowest BCUT2D eigenvalue weighted by atomic mass is 9.90. The van der Waals surface area contributed by atoms with E-state index in [1.165, 1.54) is 0 Å². The Bertz CT molecular complexity index is 719. The van der Waals surface area contributed by atoms with E-state index in [0.717, 1.165) is 10.5 Å². The second-order valence-corrected chi connectivity index (χ2v) is 7.75. The van der Waals surface area contributed by atoms with Crippen LogP contribution in [0.1, 0.15) is 32.8 Å². The van der Waals surface area contributed by atoms with Crippen molar-refractivity contribution in [1.29, 1.82) is 0 Å². The predicted molar refractivity (Wildman–Crippen MR) is 100 cm³/mol. The quantitative estimate of drug-likeness (QED) is 0.761. The van der Waals surface area contributed by atoms with E-state index in [9.17, 15) is 18.4 Å². The highest BCUT2D eigenvalue weighted by Crippen LogP contribution is 2.38. The standard InChI is InChI=1S/C20H26F2N2O4/c1-5-20(21,22)19(11-12-24(14-19)17(26)28-18(2,3)4)23-16(25)27-13-15-9-7-6-8-10-15/h5-10H,1,11-14H2,2-4H3,(H,23,25). The molecule has 1 aromatic carbocycles. The maximum absolute atomic E-state index is 14.6. The van der Waals surface area contributed by atoms with Crippen molar-refractivity contribution in [3.05, 3.63) is 48.6 Å². The van der Waals surface area contributed by atoms with Crippen LogP contribution in [0, 0.1) is 0 Å². The SMILES string of the molecule is C=CC(F)(F)C1(NC(=O)OCc2ccccc2)CCN(C(=O)OC(C)(C)C)C1. The molecular weight excluding hydrogens is 370 g/mol. The van der Waals surface area contributed by atoms with Crippen LogP contribution in [0.15, 0.2) is 43.0 Å². The Morgan fingerprint density at radius 3 is 2.50 bits per heavy atom. The number of benzene rings is 1. The maximum Gasteiger partial charge on any atom is 0.410 e. The zero-order valence-electron chi connectivity index (χ0n) is 16.3. The predicted octanol–water partition coefficient (Wildman–Crippen LogP) is 4.11. The molecule has 1 aliphatic rings. The highest BCUT2D eigenvalue weighted by molar-refractivity contribution is 5.71. The second kappa shape index (κ2) is 8.16. The van der Waals surface area contributed by atoms with Crippen LogP contribution in [0.5, 0.6) is 0 Å². The molecule has 1 N–H and O–H groups in total. The molecule has 1 aromatic rings. The zero-order chi connectivity index (χ0) is 21.0. The van der Waals surface area contributed by atoms with Gasteiger partial charge < -0.3 is 19.7 Å². The third-order valence-electron chi connectivity index (χ3n) is 4.37. The molecule has 1 unspecified atom stereocenters. The molecule has 0 bridgehead atoms. The summed E-state index contributed by atoms with van der Waals surface area (Å²) in [6.07, 6.45) is -1.39. The minimum Gasteiger partial charge on any atom is -0.445 e. The van der Waals surface area contributed by atoms with Gasteiger partial charge in [0.05, 0.1) is 6.54 Å². The average molecular weight is 396 g/mol. The molecule has 1 heterocycles. The van der Waals surface area contributed by atoms with Crippen molar-refractivity contribution >= 4 is 12.2 Å². The van der Waals surface area contributed by atoms with Crippen LogP contribution < -0.4 is 5.32 Å². The molecule has 1 fully saturated rings. The van der Waals surface area contributed by atoms with Gasteiger partial charge in [-0.15, -0.1) is 0 Å². The molecule has 1 atom stereocenters. The number of hydrogen-bond donors (Lipinski definition) is 1. The number of carbonyl (C=O) groups is 2. The van der Waals surface area contributed by atoms with E-state index >= 15 is 0 Å².